The van der Waals surface area contributed by atoms with Crippen molar-refractivity contribution in [2.24, 2.45) is 0 Å². The lowest BCUT2D eigenvalue weighted by atomic mass is 10.1. The van der Waals surface area contributed by atoms with Crippen molar-refractivity contribution >= 4 is 0 Å². The molecule has 0 aliphatic heterocycles. The number of likely N-dealkylation sites (N-methyl/N-ethyl adjacent to an activating group) is 1. The van der Waals surface area contributed by atoms with Crippen molar-refractivity contribution in [1.29, 1.82) is 0 Å². The molecule has 0 saturated carbocycles. The number of nitrogens with one attached hydrogen (secondary N) is 1. The zero-order valence-corrected chi connectivity index (χ0v) is 9.58. The smallest absolute Gasteiger partial charge is 0.122 e. The lowest BCUT2D eigenvalue weighted by Gasteiger charge is -2.15. The number of rotatable bonds is 5. The Hall–Kier alpha value is -1.06. The van der Waals surface area contributed by atoms with Crippen LogP contribution in [-0.2, 0) is 0 Å². The van der Waals surface area contributed by atoms with Crippen molar-refractivity contribution in [2.75, 3.05) is 20.3 Å². The molecule has 15 heavy (non-hydrogen) atoms. The molecule has 0 bridgehead atoms. The highest BCUT2D eigenvalue weighted by Crippen LogP contribution is 2.18. The van der Waals surface area contributed by atoms with E-state index in [1.54, 1.807) is 0 Å². The molecule has 1 aromatic carbocycles. The molecule has 0 aliphatic carbocycles. The average molecular weight is 209 g/mol. The molecule has 3 nitrogen and oxygen atoms in total. The van der Waals surface area contributed by atoms with Crippen LogP contribution in [0.2, 0.25) is 0 Å². The molecule has 0 heterocycles. The zero-order valence-electron chi connectivity index (χ0n) is 9.58. The fourth-order valence-electron chi connectivity index (χ4n) is 1.38. The van der Waals surface area contributed by atoms with E-state index in [0.29, 0.717) is 6.61 Å². The van der Waals surface area contributed by atoms with Crippen molar-refractivity contribution in [3.8, 4) is 5.75 Å². The van der Waals surface area contributed by atoms with Crippen LogP contribution in [0.25, 0.3) is 0 Å². The van der Waals surface area contributed by atoms with Gasteiger partial charge in [-0.15, -0.1) is 0 Å². The Morgan fingerprint density at radius 1 is 1.40 bits per heavy atom. The molecule has 1 rings (SSSR count). The van der Waals surface area contributed by atoms with Crippen molar-refractivity contribution in [3.05, 3.63) is 29.3 Å². The van der Waals surface area contributed by atoms with E-state index in [2.05, 4.69) is 18.3 Å². The maximum absolute atomic E-state index is 8.97. The fraction of sp³-hybridized carbons (Fsp3) is 0.500. The molecule has 0 aromatic heterocycles. The molecule has 0 saturated heterocycles. The summed E-state index contributed by atoms with van der Waals surface area (Å²) in [5, 5.41) is 12.0. The fourth-order valence-corrected chi connectivity index (χ4v) is 1.38. The molecule has 1 atom stereocenters. The zero-order chi connectivity index (χ0) is 11.3. The first-order valence-corrected chi connectivity index (χ1v) is 5.15. The summed E-state index contributed by atoms with van der Waals surface area (Å²) >= 11 is 0. The third kappa shape index (κ3) is 3.53. The van der Waals surface area contributed by atoms with Gasteiger partial charge < -0.3 is 15.2 Å². The highest BCUT2D eigenvalue weighted by atomic mass is 16.5. The summed E-state index contributed by atoms with van der Waals surface area (Å²) in [5.74, 6) is 0.884. The van der Waals surface area contributed by atoms with E-state index in [9.17, 15) is 0 Å². The van der Waals surface area contributed by atoms with Gasteiger partial charge >= 0.3 is 0 Å². The van der Waals surface area contributed by atoms with Gasteiger partial charge in [-0.2, -0.15) is 0 Å². The van der Waals surface area contributed by atoms with Gasteiger partial charge in [-0.25, -0.2) is 0 Å². The van der Waals surface area contributed by atoms with Gasteiger partial charge in [-0.1, -0.05) is 17.7 Å². The highest BCUT2D eigenvalue weighted by Gasteiger charge is 2.06. The minimum atomic E-state index is -0.00861. The number of aliphatic hydroxyl groups is 1. The topological polar surface area (TPSA) is 41.5 Å². The SMILES string of the molecule is CNC(CO)COc1ccc(C)cc1C. The average Bonchev–Trinajstić information content (AvgIpc) is 2.22. The van der Waals surface area contributed by atoms with E-state index in [-0.39, 0.29) is 12.6 Å². The molecule has 0 aliphatic rings. The second-order valence-corrected chi connectivity index (χ2v) is 3.75. The lowest BCUT2D eigenvalue weighted by Crippen LogP contribution is -2.35. The maximum Gasteiger partial charge on any atom is 0.122 e. The van der Waals surface area contributed by atoms with Crippen LogP contribution < -0.4 is 10.1 Å². The van der Waals surface area contributed by atoms with E-state index >= 15 is 0 Å². The van der Waals surface area contributed by atoms with Crippen molar-refractivity contribution in [2.45, 2.75) is 19.9 Å². The van der Waals surface area contributed by atoms with Crippen LogP contribution in [0, 0.1) is 13.8 Å². The van der Waals surface area contributed by atoms with Gasteiger partial charge in [-0.05, 0) is 32.5 Å². The summed E-state index contributed by atoms with van der Waals surface area (Å²) in [7, 11) is 1.81. The molecule has 1 aromatic rings. The Bertz CT molecular complexity index is 308. The maximum atomic E-state index is 8.97. The molecule has 3 heteroatoms. The van der Waals surface area contributed by atoms with Gasteiger partial charge in [0.25, 0.3) is 0 Å². The van der Waals surface area contributed by atoms with Crippen LogP contribution in [0.15, 0.2) is 18.2 Å². The second kappa shape index (κ2) is 5.73. The minimum Gasteiger partial charge on any atom is -0.492 e. The lowest BCUT2D eigenvalue weighted by molar-refractivity contribution is 0.188. The van der Waals surface area contributed by atoms with Crippen molar-refractivity contribution in [3.63, 3.8) is 0 Å². The molecule has 0 radical (unpaired) electrons. The van der Waals surface area contributed by atoms with E-state index < -0.39 is 0 Å². The third-order valence-electron chi connectivity index (χ3n) is 2.40. The van der Waals surface area contributed by atoms with Gasteiger partial charge in [0, 0.05) is 0 Å². The Kier molecular flexibility index (Phi) is 4.59. The molecule has 0 fully saturated rings. The largest absolute Gasteiger partial charge is 0.492 e. The van der Waals surface area contributed by atoms with Crippen LogP contribution in [0.1, 0.15) is 11.1 Å². The van der Waals surface area contributed by atoms with Crippen LogP contribution in [0.4, 0.5) is 0 Å². The highest BCUT2D eigenvalue weighted by molar-refractivity contribution is 5.35. The molecule has 1 unspecified atom stereocenters. The first kappa shape index (κ1) is 12.0. The third-order valence-corrected chi connectivity index (χ3v) is 2.40. The number of hydrogen-bond acceptors (Lipinski definition) is 3. The summed E-state index contributed by atoms with van der Waals surface area (Å²) in [4.78, 5) is 0. The van der Waals surface area contributed by atoms with Crippen LogP contribution in [0.3, 0.4) is 0 Å². The first-order chi connectivity index (χ1) is 7.17. The number of hydrogen-bond donors (Lipinski definition) is 2. The number of ether oxygens (including phenoxy) is 1. The molecule has 0 spiro atoms. The summed E-state index contributed by atoms with van der Waals surface area (Å²) in [5.41, 5.74) is 2.36. The molecular formula is C12H19NO2. The Balaban J connectivity index is 2.57. The number of aryl methyl sites for hydroxylation is 2. The molecule has 0 amide bonds. The summed E-state index contributed by atoms with van der Waals surface area (Å²) < 4.78 is 5.61. The van der Waals surface area contributed by atoms with Crippen LogP contribution >= 0.6 is 0 Å². The summed E-state index contributed by atoms with van der Waals surface area (Å²) in [6, 6.07) is 6.07. The van der Waals surface area contributed by atoms with E-state index in [1.165, 1.54) is 5.56 Å². The molecular weight excluding hydrogens is 190 g/mol. The Morgan fingerprint density at radius 2 is 2.13 bits per heavy atom. The van der Waals surface area contributed by atoms with Crippen LogP contribution in [-0.4, -0.2) is 31.4 Å². The predicted octanol–water partition coefficient (Wildman–Crippen LogP) is 1.26. The quantitative estimate of drug-likeness (QED) is 0.767. The van der Waals surface area contributed by atoms with Crippen molar-refractivity contribution < 1.29 is 9.84 Å². The normalized spacial score (nSPS) is 12.5. The predicted molar refractivity (Wildman–Crippen MR) is 61.3 cm³/mol. The van der Waals surface area contributed by atoms with E-state index in [0.717, 1.165) is 11.3 Å². The van der Waals surface area contributed by atoms with Crippen molar-refractivity contribution in [1.82, 2.24) is 5.32 Å². The first-order valence-electron chi connectivity index (χ1n) is 5.15. The molecule has 84 valence electrons. The number of aliphatic hydroxyl groups excluding tert-OH is 1. The van der Waals surface area contributed by atoms with Gasteiger partial charge in [0.1, 0.15) is 12.4 Å². The summed E-state index contributed by atoms with van der Waals surface area (Å²) in [6.45, 7) is 4.65. The van der Waals surface area contributed by atoms with Gasteiger partial charge in [-0.3, -0.25) is 0 Å². The van der Waals surface area contributed by atoms with Gasteiger partial charge in [0.15, 0.2) is 0 Å². The monoisotopic (exact) mass is 209 g/mol. The standard InChI is InChI=1S/C12H19NO2/c1-9-4-5-12(10(2)6-9)15-8-11(7-14)13-3/h4-6,11,13-14H,7-8H2,1-3H3. The Morgan fingerprint density at radius 3 is 2.67 bits per heavy atom. The van der Waals surface area contributed by atoms with Crippen LogP contribution in [0.5, 0.6) is 5.75 Å². The second-order valence-electron chi connectivity index (χ2n) is 3.75. The van der Waals surface area contributed by atoms with Gasteiger partial charge in [0.2, 0.25) is 0 Å². The Labute approximate surface area is 91.1 Å². The molecule has 2 N–H and O–H groups in total. The minimum absolute atomic E-state index is 0.00861. The number of benzene rings is 1. The van der Waals surface area contributed by atoms with E-state index in [4.69, 9.17) is 9.84 Å². The van der Waals surface area contributed by atoms with Gasteiger partial charge in [0.05, 0.1) is 12.6 Å². The summed E-state index contributed by atoms with van der Waals surface area (Å²) in [6.07, 6.45) is 0. The van der Waals surface area contributed by atoms with E-state index in [1.807, 2.05) is 26.1 Å².